The predicted octanol–water partition coefficient (Wildman–Crippen LogP) is 0.370. The highest BCUT2D eigenvalue weighted by Gasteiger charge is 2.11. The molecule has 0 aromatic carbocycles. The zero-order chi connectivity index (χ0) is 5.11. The Morgan fingerprint density at radius 2 is 2.71 bits per heavy atom. The van der Waals surface area contributed by atoms with Crippen molar-refractivity contribution in [3.63, 3.8) is 0 Å². The molecule has 0 saturated carbocycles. The second-order valence-electron chi connectivity index (χ2n) is 1.87. The Hall–Kier alpha value is -0.0800. The minimum atomic E-state index is 0. The Morgan fingerprint density at radius 1 is 1.86 bits per heavy atom. The summed E-state index contributed by atoms with van der Waals surface area (Å²) < 4.78 is 5.18. The van der Waals surface area contributed by atoms with E-state index < -0.39 is 0 Å². The molecule has 44 valence electrons. The summed E-state index contributed by atoms with van der Waals surface area (Å²) in [7, 11) is 0. The van der Waals surface area contributed by atoms with Crippen LogP contribution in [0.4, 0.5) is 0 Å². The monoisotopic (exact) mass is 103 g/mol. The van der Waals surface area contributed by atoms with Gasteiger partial charge in [0.2, 0.25) is 0 Å². The third-order valence-corrected chi connectivity index (χ3v) is 1.29. The lowest BCUT2D eigenvalue weighted by Gasteiger charge is -2.01. The Kier molecular flexibility index (Phi) is 1.65. The maximum absolute atomic E-state index is 5.31. The molecular weight excluding hydrogens is 90.1 g/mol. The van der Waals surface area contributed by atoms with E-state index in [0.717, 1.165) is 13.0 Å². The van der Waals surface area contributed by atoms with Crippen LogP contribution in [-0.4, -0.2) is 19.3 Å². The summed E-state index contributed by atoms with van der Waals surface area (Å²) in [4.78, 5) is 0. The molecule has 1 rings (SSSR count). The highest BCUT2D eigenvalue weighted by atomic mass is 16.5. The van der Waals surface area contributed by atoms with Crippen LogP contribution in [0.3, 0.4) is 0 Å². The standard InChI is InChI=1S/C5H11NO.H2/c6-4-5-2-1-3-7-5;/h5H,1-4,6H2;1H. The fraction of sp³-hybridized carbons (Fsp3) is 1.00. The quantitative estimate of drug-likeness (QED) is 0.520. The summed E-state index contributed by atoms with van der Waals surface area (Å²) in [5.41, 5.74) is 5.31. The molecule has 0 amide bonds. The Morgan fingerprint density at radius 3 is 3.00 bits per heavy atom. The van der Waals surface area contributed by atoms with Gasteiger partial charge >= 0.3 is 0 Å². The lowest BCUT2D eigenvalue weighted by molar-refractivity contribution is 0.117. The summed E-state index contributed by atoms with van der Waals surface area (Å²) in [5, 5.41) is 0. The van der Waals surface area contributed by atoms with Gasteiger partial charge in [0.1, 0.15) is 0 Å². The molecule has 2 nitrogen and oxygen atoms in total. The smallest absolute Gasteiger partial charge is 0.0698 e. The normalized spacial score (nSPS) is 31.3. The van der Waals surface area contributed by atoms with Crippen LogP contribution in [0.1, 0.15) is 14.3 Å². The predicted molar refractivity (Wildman–Crippen MR) is 30.1 cm³/mol. The van der Waals surface area contributed by atoms with Gasteiger partial charge in [-0.15, -0.1) is 0 Å². The van der Waals surface area contributed by atoms with Crippen molar-refractivity contribution >= 4 is 0 Å². The van der Waals surface area contributed by atoms with Crippen molar-refractivity contribution in [1.29, 1.82) is 0 Å². The molecule has 1 heterocycles. The minimum absolute atomic E-state index is 0. The molecule has 0 aliphatic carbocycles. The molecule has 1 atom stereocenters. The molecule has 2 N–H and O–H groups in total. The van der Waals surface area contributed by atoms with Crippen LogP contribution in [0.15, 0.2) is 0 Å². The number of hydrogen-bond donors (Lipinski definition) is 1. The van der Waals surface area contributed by atoms with Crippen molar-refractivity contribution in [2.45, 2.75) is 18.9 Å². The second-order valence-corrected chi connectivity index (χ2v) is 1.87. The summed E-state index contributed by atoms with van der Waals surface area (Å²) in [6.07, 6.45) is 2.73. The van der Waals surface area contributed by atoms with Crippen LogP contribution in [0.5, 0.6) is 0 Å². The molecule has 0 aromatic heterocycles. The van der Waals surface area contributed by atoms with Crippen molar-refractivity contribution in [1.82, 2.24) is 0 Å². The number of ether oxygens (including phenoxy) is 1. The Bertz CT molecular complexity index is 54.4. The van der Waals surface area contributed by atoms with Crippen molar-refractivity contribution in [3.8, 4) is 0 Å². The van der Waals surface area contributed by atoms with E-state index in [1.165, 1.54) is 6.42 Å². The molecular formula is C5H13NO. The summed E-state index contributed by atoms with van der Waals surface area (Å²) >= 11 is 0. The molecule has 2 heteroatoms. The molecule has 1 aliphatic heterocycles. The van der Waals surface area contributed by atoms with Gasteiger partial charge in [-0.1, -0.05) is 0 Å². The summed E-state index contributed by atoms with van der Waals surface area (Å²) in [5.74, 6) is 0. The molecule has 1 aliphatic rings. The fourth-order valence-corrected chi connectivity index (χ4v) is 0.830. The Labute approximate surface area is 45.1 Å². The molecule has 1 unspecified atom stereocenters. The minimum Gasteiger partial charge on any atom is -0.377 e. The van der Waals surface area contributed by atoms with Crippen LogP contribution in [-0.2, 0) is 4.74 Å². The van der Waals surface area contributed by atoms with Gasteiger partial charge in [0.15, 0.2) is 0 Å². The molecule has 1 saturated heterocycles. The van der Waals surface area contributed by atoms with Crippen molar-refractivity contribution < 1.29 is 6.16 Å². The first kappa shape index (κ1) is 5.06. The van der Waals surface area contributed by atoms with Gasteiger partial charge in [-0.25, -0.2) is 0 Å². The third-order valence-electron chi connectivity index (χ3n) is 1.29. The van der Waals surface area contributed by atoms with Crippen LogP contribution in [0.25, 0.3) is 0 Å². The molecule has 1 fully saturated rings. The number of hydrogen-bond acceptors (Lipinski definition) is 2. The Balaban J connectivity index is 0.000000490. The summed E-state index contributed by atoms with van der Waals surface area (Å²) in [6.45, 7) is 1.61. The fourth-order valence-electron chi connectivity index (χ4n) is 0.830. The average Bonchev–Trinajstić information content (AvgIpc) is 2.14. The van der Waals surface area contributed by atoms with E-state index >= 15 is 0 Å². The maximum atomic E-state index is 5.31. The SMILES string of the molecule is NCC1CCCO1.[HH]. The number of nitrogens with two attached hydrogens (primary N) is 1. The topological polar surface area (TPSA) is 35.2 Å². The van der Waals surface area contributed by atoms with E-state index in [4.69, 9.17) is 10.5 Å². The van der Waals surface area contributed by atoms with E-state index in [1.807, 2.05) is 0 Å². The van der Waals surface area contributed by atoms with E-state index in [9.17, 15) is 0 Å². The molecule has 7 heavy (non-hydrogen) atoms. The average molecular weight is 103 g/mol. The zero-order valence-corrected chi connectivity index (χ0v) is 4.39. The van der Waals surface area contributed by atoms with E-state index in [2.05, 4.69) is 0 Å². The second kappa shape index (κ2) is 2.28. The first-order valence-corrected chi connectivity index (χ1v) is 2.75. The first-order valence-electron chi connectivity index (χ1n) is 2.75. The van der Waals surface area contributed by atoms with Crippen molar-refractivity contribution in [2.24, 2.45) is 5.73 Å². The highest BCUT2D eigenvalue weighted by molar-refractivity contribution is 4.63. The zero-order valence-electron chi connectivity index (χ0n) is 4.39. The van der Waals surface area contributed by atoms with Crippen LogP contribution >= 0.6 is 0 Å². The van der Waals surface area contributed by atoms with E-state index in [0.29, 0.717) is 12.6 Å². The molecule has 0 spiro atoms. The van der Waals surface area contributed by atoms with Gasteiger partial charge in [-0.2, -0.15) is 0 Å². The van der Waals surface area contributed by atoms with Crippen molar-refractivity contribution in [2.75, 3.05) is 13.2 Å². The molecule has 0 aromatic rings. The van der Waals surface area contributed by atoms with Gasteiger partial charge in [0.25, 0.3) is 0 Å². The summed E-state index contributed by atoms with van der Waals surface area (Å²) in [6, 6.07) is 0. The van der Waals surface area contributed by atoms with Crippen LogP contribution < -0.4 is 5.73 Å². The highest BCUT2D eigenvalue weighted by Crippen LogP contribution is 2.09. The van der Waals surface area contributed by atoms with Gasteiger partial charge in [0, 0.05) is 14.6 Å². The largest absolute Gasteiger partial charge is 0.377 e. The first-order chi connectivity index (χ1) is 3.43. The van der Waals surface area contributed by atoms with Crippen molar-refractivity contribution in [3.05, 3.63) is 0 Å². The molecule has 0 bridgehead atoms. The van der Waals surface area contributed by atoms with Crippen LogP contribution in [0.2, 0.25) is 0 Å². The van der Waals surface area contributed by atoms with Gasteiger partial charge < -0.3 is 10.5 Å². The van der Waals surface area contributed by atoms with Gasteiger partial charge in [-0.3, -0.25) is 0 Å². The van der Waals surface area contributed by atoms with Gasteiger partial charge in [-0.05, 0) is 12.8 Å². The van der Waals surface area contributed by atoms with Crippen LogP contribution in [0, 0.1) is 0 Å². The lowest BCUT2D eigenvalue weighted by Crippen LogP contribution is -2.17. The van der Waals surface area contributed by atoms with E-state index in [-0.39, 0.29) is 1.43 Å². The number of rotatable bonds is 1. The van der Waals surface area contributed by atoms with E-state index in [1.54, 1.807) is 0 Å². The maximum Gasteiger partial charge on any atom is 0.0698 e. The molecule has 0 radical (unpaired) electrons. The third kappa shape index (κ3) is 1.14. The lowest BCUT2D eigenvalue weighted by atomic mass is 10.2. The van der Waals surface area contributed by atoms with Gasteiger partial charge in [0.05, 0.1) is 6.10 Å².